The van der Waals surface area contributed by atoms with Crippen LogP contribution in [0.2, 0.25) is 0 Å². The molecule has 1 aromatic rings. The van der Waals surface area contributed by atoms with Crippen molar-refractivity contribution >= 4 is 23.6 Å². The first-order valence-electron chi connectivity index (χ1n) is 9.79. The van der Waals surface area contributed by atoms with E-state index in [0.717, 1.165) is 29.7 Å². The van der Waals surface area contributed by atoms with Crippen molar-refractivity contribution in [1.82, 2.24) is 4.90 Å². The minimum Gasteiger partial charge on any atom is -0.457 e. The molecule has 1 aromatic carbocycles. The SMILES string of the molecule is C=CCOC(=O)C1=C2[C@@H](Sc3ccccc3)CCC[C@@H]2[C@@H]2[C@@H](C(C)O)C(=O)N12. The standard InChI is InChI=1S/C22H25NO4S/c1-3-12-27-22(26)20-18-15(19-17(13(2)24)21(25)23(19)20)10-7-11-16(18)28-14-8-5-4-6-9-14/h3-6,8-9,13,15-17,19,24H,1,7,10-12H2,2H3/t13?,15-,16-,17+,19+/m0/s1. The van der Waals surface area contributed by atoms with Gasteiger partial charge in [-0.3, -0.25) is 4.79 Å². The van der Waals surface area contributed by atoms with Crippen LogP contribution in [0.5, 0.6) is 0 Å². The zero-order valence-corrected chi connectivity index (χ0v) is 16.7. The van der Waals surface area contributed by atoms with E-state index in [0.29, 0.717) is 5.70 Å². The van der Waals surface area contributed by atoms with E-state index >= 15 is 0 Å². The zero-order valence-electron chi connectivity index (χ0n) is 15.9. The first-order valence-corrected chi connectivity index (χ1v) is 10.7. The Morgan fingerprint density at radius 2 is 2.14 bits per heavy atom. The normalized spacial score (nSPS) is 29.6. The van der Waals surface area contributed by atoms with Crippen molar-refractivity contribution in [3.8, 4) is 0 Å². The Bertz CT molecular complexity index is 819. The summed E-state index contributed by atoms with van der Waals surface area (Å²) in [5.41, 5.74) is 1.43. The van der Waals surface area contributed by atoms with E-state index in [1.54, 1.807) is 23.6 Å². The van der Waals surface area contributed by atoms with E-state index in [2.05, 4.69) is 18.7 Å². The molecule has 3 aliphatic rings. The fourth-order valence-electron chi connectivity index (χ4n) is 4.81. The summed E-state index contributed by atoms with van der Waals surface area (Å²) in [5.74, 6) is -0.958. The third kappa shape index (κ3) is 3.08. The van der Waals surface area contributed by atoms with Crippen LogP contribution in [0.25, 0.3) is 0 Å². The highest BCUT2D eigenvalue weighted by Crippen LogP contribution is 2.55. The molecule has 0 aromatic heterocycles. The Kier molecular flexibility index (Phi) is 5.34. The van der Waals surface area contributed by atoms with Crippen molar-refractivity contribution in [2.45, 2.75) is 48.5 Å². The lowest BCUT2D eigenvalue weighted by Crippen LogP contribution is -2.64. The number of aliphatic hydroxyl groups is 1. The number of β-lactam (4-membered cyclic amide) rings is 1. The summed E-state index contributed by atoms with van der Waals surface area (Å²) in [5, 5.41) is 10.3. The second-order valence-electron chi connectivity index (χ2n) is 7.61. The molecule has 1 amide bonds. The first-order chi connectivity index (χ1) is 13.5. The first kappa shape index (κ1) is 19.3. The summed E-state index contributed by atoms with van der Waals surface area (Å²) in [6.45, 7) is 5.37. The van der Waals surface area contributed by atoms with Crippen molar-refractivity contribution in [3.63, 3.8) is 0 Å². The number of rotatable bonds is 6. The second-order valence-corrected chi connectivity index (χ2v) is 8.89. The van der Waals surface area contributed by atoms with Crippen molar-refractivity contribution in [2.75, 3.05) is 6.61 Å². The maximum atomic E-state index is 12.9. The molecule has 5 atom stereocenters. The molecule has 1 N–H and O–H groups in total. The number of esters is 1. The number of fused-ring (bicyclic) bond motifs is 3. The minimum atomic E-state index is -0.722. The highest BCUT2D eigenvalue weighted by Gasteiger charge is 2.62. The number of hydrogen-bond acceptors (Lipinski definition) is 5. The zero-order chi connectivity index (χ0) is 19.8. The maximum absolute atomic E-state index is 12.9. The van der Waals surface area contributed by atoms with Gasteiger partial charge in [0.1, 0.15) is 12.3 Å². The van der Waals surface area contributed by atoms with Crippen LogP contribution in [0.1, 0.15) is 26.2 Å². The Hall–Kier alpha value is -2.05. The molecule has 1 unspecified atom stereocenters. The van der Waals surface area contributed by atoms with Crippen molar-refractivity contribution in [2.24, 2.45) is 11.8 Å². The average molecular weight is 400 g/mol. The monoisotopic (exact) mass is 399 g/mol. The average Bonchev–Trinajstić information content (AvgIpc) is 2.98. The molecule has 2 fully saturated rings. The molecule has 1 saturated heterocycles. The molecule has 0 spiro atoms. The summed E-state index contributed by atoms with van der Waals surface area (Å²) in [4.78, 5) is 28.4. The molecule has 4 rings (SSSR count). The van der Waals surface area contributed by atoms with E-state index in [9.17, 15) is 14.7 Å². The summed E-state index contributed by atoms with van der Waals surface area (Å²) >= 11 is 1.74. The van der Waals surface area contributed by atoms with Crippen LogP contribution < -0.4 is 0 Å². The predicted octanol–water partition coefficient (Wildman–Crippen LogP) is 3.15. The molecular formula is C22H25NO4S. The molecule has 0 radical (unpaired) electrons. The molecule has 148 valence electrons. The molecule has 6 heteroatoms. The number of carbonyl (C=O) groups excluding carboxylic acids is 2. The fourth-order valence-corrected chi connectivity index (χ4v) is 6.15. The molecule has 2 heterocycles. The van der Waals surface area contributed by atoms with Gasteiger partial charge in [-0.15, -0.1) is 11.8 Å². The molecule has 1 saturated carbocycles. The lowest BCUT2D eigenvalue weighted by Gasteiger charge is -2.47. The maximum Gasteiger partial charge on any atom is 0.355 e. The van der Waals surface area contributed by atoms with Crippen LogP contribution in [0, 0.1) is 11.8 Å². The predicted molar refractivity (Wildman–Crippen MR) is 107 cm³/mol. The van der Waals surface area contributed by atoms with Gasteiger partial charge in [0.05, 0.1) is 18.1 Å². The van der Waals surface area contributed by atoms with E-state index < -0.39 is 18.0 Å². The van der Waals surface area contributed by atoms with Crippen LogP contribution in [0.4, 0.5) is 0 Å². The Morgan fingerprint density at radius 1 is 1.39 bits per heavy atom. The summed E-state index contributed by atoms with van der Waals surface area (Å²) in [6.07, 6.45) is 3.73. The number of amides is 1. The summed E-state index contributed by atoms with van der Waals surface area (Å²) in [7, 11) is 0. The quantitative estimate of drug-likeness (QED) is 0.452. The van der Waals surface area contributed by atoms with Gasteiger partial charge < -0.3 is 14.7 Å². The van der Waals surface area contributed by atoms with Gasteiger partial charge in [0.2, 0.25) is 5.91 Å². The van der Waals surface area contributed by atoms with Gasteiger partial charge in [0.25, 0.3) is 0 Å². The van der Waals surface area contributed by atoms with Gasteiger partial charge in [-0.2, -0.15) is 0 Å². The van der Waals surface area contributed by atoms with Crippen LogP contribution in [0.3, 0.4) is 0 Å². The molecule has 5 nitrogen and oxygen atoms in total. The van der Waals surface area contributed by atoms with Gasteiger partial charge in [-0.05, 0) is 37.5 Å². The number of benzene rings is 1. The third-order valence-electron chi connectivity index (χ3n) is 5.91. The summed E-state index contributed by atoms with van der Waals surface area (Å²) in [6, 6.07) is 10.00. The van der Waals surface area contributed by atoms with E-state index in [1.807, 2.05) is 18.2 Å². The Balaban J connectivity index is 1.71. The van der Waals surface area contributed by atoms with Crippen molar-refractivity contribution in [3.05, 3.63) is 54.3 Å². The Labute approximate surface area is 169 Å². The lowest BCUT2D eigenvalue weighted by molar-refractivity contribution is -0.164. The van der Waals surface area contributed by atoms with Gasteiger partial charge >= 0.3 is 5.97 Å². The molecular weight excluding hydrogens is 374 g/mol. The third-order valence-corrected chi connectivity index (χ3v) is 7.23. The molecule has 1 aliphatic carbocycles. The largest absolute Gasteiger partial charge is 0.457 e. The number of ether oxygens (including phenoxy) is 1. The highest BCUT2D eigenvalue weighted by atomic mass is 32.2. The van der Waals surface area contributed by atoms with Crippen molar-refractivity contribution < 1.29 is 19.4 Å². The summed E-state index contributed by atoms with van der Waals surface area (Å²) < 4.78 is 5.34. The van der Waals surface area contributed by atoms with Crippen LogP contribution >= 0.6 is 11.8 Å². The van der Waals surface area contributed by atoms with Gasteiger partial charge in [-0.1, -0.05) is 37.3 Å². The van der Waals surface area contributed by atoms with E-state index in [1.165, 1.54) is 6.08 Å². The lowest BCUT2D eigenvalue weighted by atomic mass is 9.72. The van der Waals surface area contributed by atoms with Crippen LogP contribution in [-0.2, 0) is 14.3 Å². The van der Waals surface area contributed by atoms with Gasteiger partial charge in [-0.25, -0.2) is 4.79 Å². The number of aliphatic hydroxyl groups excluding tert-OH is 1. The molecule has 2 aliphatic heterocycles. The van der Waals surface area contributed by atoms with Crippen molar-refractivity contribution in [1.29, 1.82) is 0 Å². The van der Waals surface area contributed by atoms with E-state index in [4.69, 9.17) is 4.74 Å². The number of hydrogen-bond donors (Lipinski definition) is 1. The van der Waals surface area contributed by atoms with Crippen LogP contribution in [0.15, 0.2) is 59.2 Å². The Morgan fingerprint density at radius 3 is 2.82 bits per heavy atom. The topological polar surface area (TPSA) is 66.8 Å². The molecule has 0 bridgehead atoms. The number of nitrogens with zero attached hydrogens (tertiary/aromatic N) is 1. The fraction of sp³-hybridized carbons (Fsp3) is 0.455. The van der Waals surface area contributed by atoms with E-state index in [-0.39, 0.29) is 29.7 Å². The van der Waals surface area contributed by atoms with Gasteiger partial charge in [0.15, 0.2) is 0 Å². The minimum absolute atomic E-state index is 0.110. The highest BCUT2D eigenvalue weighted by molar-refractivity contribution is 8.00. The smallest absolute Gasteiger partial charge is 0.355 e. The number of thioether (sulfide) groups is 1. The van der Waals surface area contributed by atoms with Crippen LogP contribution in [-0.4, -0.2) is 45.9 Å². The second kappa shape index (κ2) is 7.76. The molecule has 28 heavy (non-hydrogen) atoms. The van der Waals surface area contributed by atoms with Gasteiger partial charge in [0, 0.05) is 16.1 Å². The number of carbonyl (C=O) groups is 2.